The summed E-state index contributed by atoms with van der Waals surface area (Å²) < 4.78 is 52.2. The van der Waals surface area contributed by atoms with Gasteiger partial charge < -0.3 is 14.4 Å². The lowest BCUT2D eigenvalue weighted by molar-refractivity contribution is 0.366. The predicted molar refractivity (Wildman–Crippen MR) is 104 cm³/mol. The summed E-state index contributed by atoms with van der Waals surface area (Å²) in [7, 11) is -1.97. The summed E-state index contributed by atoms with van der Waals surface area (Å²) in [6.07, 6.45) is 1.86. The van der Waals surface area contributed by atoms with Gasteiger partial charge in [-0.25, -0.2) is 12.8 Å². The highest BCUT2D eigenvalue weighted by atomic mass is 32.2. The van der Waals surface area contributed by atoms with Crippen LogP contribution in [-0.2, 0) is 10.0 Å². The van der Waals surface area contributed by atoms with E-state index in [-0.39, 0.29) is 17.4 Å². The highest BCUT2D eigenvalue weighted by Gasteiger charge is 2.33. The second kappa shape index (κ2) is 7.43. The molecule has 1 unspecified atom stereocenters. The number of hydrogen-bond donors (Lipinski definition) is 0. The third kappa shape index (κ3) is 3.82. The normalized spacial score (nSPS) is 20.9. The molecule has 0 aromatic heterocycles. The number of piperidine rings is 1. The smallest absolute Gasteiger partial charge is 0.256 e. The zero-order chi connectivity index (χ0) is 19.7. The Balaban J connectivity index is 1.55. The van der Waals surface area contributed by atoms with Crippen LogP contribution in [0.25, 0.3) is 0 Å². The van der Waals surface area contributed by atoms with Crippen molar-refractivity contribution in [3.63, 3.8) is 0 Å². The fraction of sp³-hybridized carbons (Fsp3) is 0.350. The van der Waals surface area contributed by atoms with Crippen LogP contribution in [0.5, 0.6) is 17.2 Å². The van der Waals surface area contributed by atoms with E-state index >= 15 is 0 Å². The van der Waals surface area contributed by atoms with Crippen molar-refractivity contribution in [2.45, 2.75) is 18.8 Å². The van der Waals surface area contributed by atoms with Crippen LogP contribution in [0, 0.1) is 5.82 Å². The van der Waals surface area contributed by atoms with Crippen molar-refractivity contribution in [1.82, 2.24) is 4.90 Å². The molecule has 0 saturated carbocycles. The van der Waals surface area contributed by atoms with Crippen LogP contribution in [0.2, 0.25) is 0 Å². The minimum absolute atomic E-state index is 0.0382. The molecule has 0 N–H and O–H groups in total. The Kier molecular flexibility index (Phi) is 4.97. The molecule has 0 bridgehead atoms. The number of halogens is 1. The molecule has 1 saturated heterocycles. The number of hydrogen-bond acceptors (Lipinski definition) is 5. The fourth-order valence-electron chi connectivity index (χ4n) is 3.64. The van der Waals surface area contributed by atoms with Crippen molar-refractivity contribution in [2.24, 2.45) is 4.40 Å². The molecule has 0 spiro atoms. The Morgan fingerprint density at radius 2 is 1.86 bits per heavy atom. The molecule has 2 aliphatic rings. The van der Waals surface area contributed by atoms with E-state index in [2.05, 4.69) is 9.30 Å². The SMILES string of the molecule is COc1cc(Oc2ccc(C3CCCN4CCS(=O)(=O)N=C34)cc2)ccc1F. The van der Waals surface area contributed by atoms with E-state index in [1.807, 2.05) is 24.3 Å². The number of sulfonamides is 1. The van der Waals surface area contributed by atoms with E-state index < -0.39 is 15.8 Å². The molecule has 6 nitrogen and oxygen atoms in total. The molecule has 1 atom stereocenters. The molecule has 8 heteroatoms. The first-order chi connectivity index (χ1) is 13.4. The molecule has 4 rings (SSSR count). The van der Waals surface area contributed by atoms with Crippen LogP contribution in [0.15, 0.2) is 46.9 Å². The highest BCUT2D eigenvalue weighted by molar-refractivity contribution is 7.90. The van der Waals surface area contributed by atoms with Gasteiger partial charge in [0.1, 0.15) is 17.3 Å². The number of rotatable bonds is 4. The topological polar surface area (TPSA) is 68.2 Å². The lowest BCUT2D eigenvalue weighted by Gasteiger charge is -2.37. The van der Waals surface area contributed by atoms with Gasteiger partial charge in [0.05, 0.1) is 12.9 Å². The molecule has 0 aliphatic carbocycles. The maximum absolute atomic E-state index is 13.5. The predicted octanol–water partition coefficient (Wildman–Crippen LogP) is 3.55. The molecular formula is C20H21FN2O4S. The molecule has 2 aliphatic heterocycles. The Morgan fingerprint density at radius 1 is 1.11 bits per heavy atom. The van der Waals surface area contributed by atoms with Gasteiger partial charge >= 0.3 is 0 Å². The van der Waals surface area contributed by atoms with Crippen LogP contribution in [0.1, 0.15) is 24.3 Å². The number of methoxy groups -OCH3 is 1. The second-order valence-corrected chi connectivity index (χ2v) is 8.64. The number of fused-ring (bicyclic) bond motifs is 1. The summed E-state index contributed by atoms with van der Waals surface area (Å²) in [5, 5.41) is 0. The molecule has 2 heterocycles. The summed E-state index contributed by atoms with van der Waals surface area (Å²) >= 11 is 0. The lowest BCUT2D eigenvalue weighted by atomic mass is 9.89. The van der Waals surface area contributed by atoms with Crippen LogP contribution in [-0.4, -0.2) is 45.1 Å². The van der Waals surface area contributed by atoms with E-state index in [4.69, 9.17) is 9.47 Å². The first kappa shape index (κ1) is 18.7. The second-order valence-electron chi connectivity index (χ2n) is 6.88. The van der Waals surface area contributed by atoms with E-state index in [0.717, 1.165) is 24.9 Å². The average Bonchev–Trinajstić information content (AvgIpc) is 2.69. The van der Waals surface area contributed by atoms with Crippen molar-refractivity contribution in [3.8, 4) is 17.2 Å². The van der Waals surface area contributed by atoms with Gasteiger partial charge in [0, 0.05) is 25.1 Å². The molecule has 28 heavy (non-hydrogen) atoms. The zero-order valence-electron chi connectivity index (χ0n) is 15.5. The summed E-state index contributed by atoms with van der Waals surface area (Å²) in [5.41, 5.74) is 1.00. The molecule has 1 fully saturated rings. The summed E-state index contributed by atoms with van der Waals surface area (Å²) in [5.74, 6) is 1.43. The monoisotopic (exact) mass is 404 g/mol. The Hall–Kier alpha value is -2.61. The highest BCUT2D eigenvalue weighted by Crippen LogP contribution is 2.33. The molecule has 148 valence electrons. The summed E-state index contributed by atoms with van der Waals surface area (Å²) in [4.78, 5) is 2.07. The van der Waals surface area contributed by atoms with E-state index in [1.165, 1.54) is 25.3 Å². The van der Waals surface area contributed by atoms with Crippen LogP contribution in [0.4, 0.5) is 4.39 Å². The van der Waals surface area contributed by atoms with E-state index in [1.54, 1.807) is 0 Å². The van der Waals surface area contributed by atoms with Crippen LogP contribution < -0.4 is 9.47 Å². The van der Waals surface area contributed by atoms with Crippen molar-refractivity contribution in [2.75, 3.05) is 26.0 Å². The van der Waals surface area contributed by atoms with Gasteiger partial charge in [0.15, 0.2) is 11.6 Å². The molecule has 0 radical (unpaired) electrons. The minimum Gasteiger partial charge on any atom is -0.494 e. The van der Waals surface area contributed by atoms with Gasteiger partial charge in [-0.3, -0.25) is 0 Å². The first-order valence-electron chi connectivity index (χ1n) is 9.14. The van der Waals surface area contributed by atoms with Gasteiger partial charge in [-0.2, -0.15) is 0 Å². The average molecular weight is 404 g/mol. The number of ether oxygens (including phenoxy) is 2. The van der Waals surface area contributed by atoms with E-state index in [0.29, 0.717) is 23.9 Å². The molecular weight excluding hydrogens is 383 g/mol. The van der Waals surface area contributed by atoms with Gasteiger partial charge in [-0.15, -0.1) is 4.40 Å². The maximum Gasteiger partial charge on any atom is 0.256 e. The van der Waals surface area contributed by atoms with Gasteiger partial charge in [-0.05, 0) is 42.7 Å². The lowest BCUT2D eigenvalue weighted by Crippen LogP contribution is -2.46. The standard InChI is InChI=1S/C20H21FN2O4S/c1-26-19-13-16(8-9-18(19)21)27-15-6-4-14(5-7-15)17-3-2-10-23-11-12-28(24,25)22-20(17)23/h4-9,13,17H,2-3,10-12H2,1H3. The summed E-state index contributed by atoms with van der Waals surface area (Å²) in [6.45, 7) is 1.35. The number of benzene rings is 2. The van der Waals surface area contributed by atoms with Gasteiger partial charge in [0.25, 0.3) is 10.0 Å². The van der Waals surface area contributed by atoms with E-state index in [9.17, 15) is 12.8 Å². The largest absolute Gasteiger partial charge is 0.494 e. The quantitative estimate of drug-likeness (QED) is 0.780. The van der Waals surface area contributed by atoms with Crippen molar-refractivity contribution in [3.05, 3.63) is 53.8 Å². The number of nitrogens with zero attached hydrogens (tertiary/aromatic N) is 2. The third-order valence-corrected chi connectivity index (χ3v) is 6.21. The zero-order valence-corrected chi connectivity index (χ0v) is 16.3. The molecule has 0 amide bonds. The summed E-state index contributed by atoms with van der Waals surface area (Å²) in [6, 6.07) is 11.8. The Morgan fingerprint density at radius 3 is 2.61 bits per heavy atom. The maximum atomic E-state index is 13.5. The van der Waals surface area contributed by atoms with Crippen molar-refractivity contribution in [1.29, 1.82) is 0 Å². The fourth-order valence-corrected chi connectivity index (χ4v) is 4.71. The van der Waals surface area contributed by atoms with Crippen molar-refractivity contribution < 1.29 is 22.3 Å². The Bertz CT molecular complexity index is 1010. The Labute approximate surface area is 163 Å². The first-order valence-corrected chi connectivity index (χ1v) is 10.7. The minimum atomic E-state index is -3.37. The van der Waals surface area contributed by atoms with Crippen molar-refractivity contribution >= 4 is 15.9 Å². The molecule has 2 aromatic rings. The number of amidine groups is 1. The molecule has 2 aromatic carbocycles. The van der Waals surface area contributed by atoms with Gasteiger partial charge in [-0.1, -0.05) is 12.1 Å². The third-order valence-electron chi connectivity index (χ3n) is 5.05. The van der Waals surface area contributed by atoms with Crippen LogP contribution >= 0.6 is 0 Å². The van der Waals surface area contributed by atoms with Crippen LogP contribution in [0.3, 0.4) is 0 Å². The van der Waals surface area contributed by atoms with Gasteiger partial charge in [0.2, 0.25) is 0 Å².